The Kier molecular flexibility index (Phi) is 47.5. The first-order valence-corrected chi connectivity index (χ1v) is 32.1. The predicted octanol–water partition coefficient (Wildman–Crippen LogP) is 24.6. The predicted molar refractivity (Wildman–Crippen MR) is 300 cm³/mol. The fraction of sp³-hybridized carbons (Fsp3) is 1.00. The van der Waals surface area contributed by atoms with Crippen molar-refractivity contribution in [3.8, 4) is 0 Å². The summed E-state index contributed by atoms with van der Waals surface area (Å²) in [7, 11) is 0. The molecule has 65 heavy (non-hydrogen) atoms. The van der Waals surface area contributed by atoms with Crippen molar-refractivity contribution in [3.63, 3.8) is 0 Å². The lowest BCUT2D eigenvalue weighted by molar-refractivity contribution is 0.0743. The molecule has 0 aromatic rings. The van der Waals surface area contributed by atoms with E-state index < -0.39 is 0 Å². The van der Waals surface area contributed by atoms with Gasteiger partial charge in [0.15, 0.2) is 0 Å². The van der Waals surface area contributed by atoms with Gasteiger partial charge in [-0.25, -0.2) is 0 Å². The average molecular weight is 912 g/mol. The second-order valence-corrected chi connectivity index (χ2v) is 23.7. The van der Waals surface area contributed by atoms with Crippen LogP contribution in [0.25, 0.3) is 0 Å². The van der Waals surface area contributed by atoms with Gasteiger partial charge < -0.3 is 0 Å². The Morgan fingerprint density at radius 3 is 0.738 bits per heavy atom. The molecule has 0 aromatic carbocycles. The summed E-state index contributed by atoms with van der Waals surface area (Å²) in [4.78, 5) is 0. The summed E-state index contributed by atoms with van der Waals surface area (Å²) < 4.78 is 0. The maximum absolute atomic E-state index is 2.39. The molecule has 4 atom stereocenters. The highest BCUT2D eigenvalue weighted by atomic mass is 14.5. The molecule has 1 saturated carbocycles. The minimum Gasteiger partial charge on any atom is -0.0654 e. The third-order valence-electron chi connectivity index (χ3n) is 17.4. The van der Waals surface area contributed by atoms with E-state index in [9.17, 15) is 0 Å². The van der Waals surface area contributed by atoms with E-state index >= 15 is 0 Å². The van der Waals surface area contributed by atoms with Crippen molar-refractivity contribution in [1.82, 2.24) is 0 Å². The van der Waals surface area contributed by atoms with E-state index in [1.165, 1.54) is 270 Å². The number of hydrogen-bond donors (Lipinski definition) is 0. The molecule has 0 saturated heterocycles. The number of hydrogen-bond acceptors (Lipinski definition) is 0. The molecule has 0 amide bonds. The van der Waals surface area contributed by atoms with Crippen molar-refractivity contribution in [2.75, 3.05) is 0 Å². The monoisotopic (exact) mass is 911 g/mol. The van der Waals surface area contributed by atoms with Gasteiger partial charge in [-0.3, -0.25) is 0 Å². The lowest BCUT2D eigenvalue weighted by Crippen LogP contribution is -2.33. The summed E-state index contributed by atoms with van der Waals surface area (Å²) in [5.41, 5.74) is 0.638. The standard InChI is InChI=1S/C65H130/c1-7-13-19-25-31-34-40-44-51-61(50-43-37-28-22-16-10-4)58-64-56-49-57-65(64,59-62(52-45-38-29-23-17-11-5)54-47-41-35-32-26-20-14-8-2)60-63(53-46-39-30-24-18-12-6)55-48-42-36-33-27-21-15-9-3/h61-64H,7-60H2,1-6H3. The van der Waals surface area contributed by atoms with Gasteiger partial charge in [-0.1, -0.05) is 356 Å². The largest absolute Gasteiger partial charge is 0.0654 e. The van der Waals surface area contributed by atoms with Crippen molar-refractivity contribution >= 4 is 0 Å². The lowest BCUT2D eigenvalue weighted by atomic mass is 9.62. The normalized spacial score (nSPS) is 17.9. The summed E-state index contributed by atoms with van der Waals surface area (Å²) in [6, 6.07) is 0. The highest BCUT2D eigenvalue weighted by Gasteiger charge is 2.45. The van der Waals surface area contributed by atoms with E-state index in [1.54, 1.807) is 77.0 Å². The molecular formula is C65H130. The van der Waals surface area contributed by atoms with Crippen LogP contribution < -0.4 is 0 Å². The molecule has 0 bridgehead atoms. The van der Waals surface area contributed by atoms with Gasteiger partial charge in [0.1, 0.15) is 0 Å². The van der Waals surface area contributed by atoms with Gasteiger partial charge >= 0.3 is 0 Å². The van der Waals surface area contributed by atoms with Crippen LogP contribution in [0.15, 0.2) is 0 Å². The zero-order chi connectivity index (χ0) is 47.0. The SMILES string of the molecule is CCCCCCCCCCC(CCCCCCCC)CC1CCCC1(CC(CCCCCCCC)CCCCCCCCCC)CC(CCCCCCCC)CCCCCCCCCC. The summed E-state index contributed by atoms with van der Waals surface area (Å²) >= 11 is 0. The van der Waals surface area contributed by atoms with Crippen LogP contribution in [0.1, 0.15) is 388 Å². The first kappa shape index (κ1) is 63.0. The number of rotatable bonds is 54. The summed E-state index contributed by atoms with van der Waals surface area (Å²) in [5, 5.41) is 0. The Morgan fingerprint density at radius 2 is 0.492 bits per heavy atom. The van der Waals surface area contributed by atoms with E-state index in [0.29, 0.717) is 5.41 Å². The van der Waals surface area contributed by atoms with Crippen molar-refractivity contribution in [3.05, 3.63) is 0 Å². The quantitative estimate of drug-likeness (QED) is 0.0534. The molecule has 1 fully saturated rings. The molecule has 0 aromatic heterocycles. The molecule has 390 valence electrons. The summed E-state index contributed by atoms with van der Waals surface area (Å²) in [6.45, 7) is 14.3. The Hall–Kier alpha value is 0. The van der Waals surface area contributed by atoms with E-state index in [1.807, 2.05) is 0 Å². The summed E-state index contributed by atoms with van der Waals surface area (Å²) in [6.07, 6.45) is 80.7. The Labute approximate surface area is 415 Å². The van der Waals surface area contributed by atoms with Crippen LogP contribution in [0.2, 0.25) is 0 Å². The fourth-order valence-electron chi connectivity index (χ4n) is 13.2. The Morgan fingerprint density at radius 1 is 0.277 bits per heavy atom. The zero-order valence-electron chi connectivity index (χ0n) is 47.0. The van der Waals surface area contributed by atoms with Gasteiger partial charge in [0.05, 0.1) is 0 Å². The van der Waals surface area contributed by atoms with Gasteiger partial charge in [-0.05, 0) is 61.2 Å². The molecule has 1 aliphatic carbocycles. The Bertz CT molecular complexity index is 844. The van der Waals surface area contributed by atoms with E-state index in [0.717, 1.165) is 23.7 Å². The van der Waals surface area contributed by atoms with Crippen molar-refractivity contribution in [1.29, 1.82) is 0 Å². The molecule has 0 heterocycles. The third kappa shape index (κ3) is 37.5. The van der Waals surface area contributed by atoms with Gasteiger partial charge in [-0.15, -0.1) is 0 Å². The molecule has 1 aliphatic rings. The minimum atomic E-state index is 0.638. The smallest absolute Gasteiger partial charge is 0.0264 e. The van der Waals surface area contributed by atoms with Crippen molar-refractivity contribution in [2.24, 2.45) is 29.1 Å². The highest BCUT2D eigenvalue weighted by Crippen LogP contribution is 2.56. The maximum Gasteiger partial charge on any atom is -0.0264 e. The van der Waals surface area contributed by atoms with Gasteiger partial charge in [0.2, 0.25) is 0 Å². The molecule has 0 heteroatoms. The molecular weight excluding hydrogens is 781 g/mol. The maximum atomic E-state index is 2.39. The highest BCUT2D eigenvalue weighted by molar-refractivity contribution is 4.96. The molecule has 0 spiro atoms. The summed E-state index contributed by atoms with van der Waals surface area (Å²) in [5.74, 6) is 3.99. The van der Waals surface area contributed by atoms with Crippen LogP contribution in [-0.2, 0) is 0 Å². The van der Waals surface area contributed by atoms with E-state index in [-0.39, 0.29) is 0 Å². The van der Waals surface area contributed by atoms with Gasteiger partial charge in [0.25, 0.3) is 0 Å². The van der Waals surface area contributed by atoms with Crippen LogP contribution in [0.5, 0.6) is 0 Å². The first-order valence-electron chi connectivity index (χ1n) is 32.1. The second kappa shape index (κ2) is 49.0. The van der Waals surface area contributed by atoms with Crippen LogP contribution in [0.4, 0.5) is 0 Å². The van der Waals surface area contributed by atoms with Crippen LogP contribution in [-0.4, -0.2) is 0 Å². The molecule has 0 aliphatic heterocycles. The molecule has 1 rings (SSSR count). The second-order valence-electron chi connectivity index (χ2n) is 23.7. The van der Waals surface area contributed by atoms with Gasteiger partial charge in [0, 0.05) is 0 Å². The van der Waals surface area contributed by atoms with Gasteiger partial charge in [-0.2, -0.15) is 0 Å². The number of unbranched alkanes of at least 4 members (excludes halogenated alkanes) is 36. The topological polar surface area (TPSA) is 0 Å². The van der Waals surface area contributed by atoms with Crippen LogP contribution in [0.3, 0.4) is 0 Å². The average Bonchev–Trinajstić information content (AvgIpc) is 3.69. The van der Waals surface area contributed by atoms with Crippen LogP contribution in [0, 0.1) is 29.1 Å². The molecule has 0 radical (unpaired) electrons. The first-order chi connectivity index (χ1) is 32.1. The lowest BCUT2D eigenvalue weighted by Gasteiger charge is -2.43. The zero-order valence-corrected chi connectivity index (χ0v) is 47.0. The minimum absolute atomic E-state index is 0.638. The molecule has 0 N–H and O–H groups in total. The van der Waals surface area contributed by atoms with Crippen LogP contribution >= 0.6 is 0 Å². The third-order valence-corrected chi connectivity index (χ3v) is 17.4. The molecule has 0 nitrogen and oxygen atoms in total. The molecule has 4 unspecified atom stereocenters. The fourth-order valence-corrected chi connectivity index (χ4v) is 13.2. The van der Waals surface area contributed by atoms with Crippen molar-refractivity contribution < 1.29 is 0 Å². The van der Waals surface area contributed by atoms with E-state index in [4.69, 9.17) is 0 Å². The van der Waals surface area contributed by atoms with E-state index in [2.05, 4.69) is 41.5 Å². The van der Waals surface area contributed by atoms with Crippen molar-refractivity contribution in [2.45, 2.75) is 388 Å². The Balaban J connectivity index is 3.37.